The maximum atomic E-state index is 12.6. The van der Waals surface area contributed by atoms with Gasteiger partial charge in [0.2, 0.25) is 11.9 Å². The second-order valence-corrected chi connectivity index (χ2v) is 8.87. The lowest BCUT2D eigenvalue weighted by molar-refractivity contribution is -0.118. The Hall–Kier alpha value is -3.43. The van der Waals surface area contributed by atoms with E-state index in [0.717, 1.165) is 30.5 Å². The standard InChI is InChI=1S/C21H27N7O3/c1-21(2,3)31-20(30)28-15-4-5-16(28)9-13(8-15)17-6-7-23-19(26-17)25-14-10-24-27(11-14)12-18(22)29/h6-8,10-11,15-16H,4-5,9,12H2,1-3H3,(H2,22,29)(H,23,25,26). The molecule has 0 saturated carbocycles. The van der Waals surface area contributed by atoms with Crippen molar-refractivity contribution in [1.82, 2.24) is 24.6 Å². The van der Waals surface area contributed by atoms with Gasteiger partial charge in [-0.05, 0) is 51.7 Å². The van der Waals surface area contributed by atoms with Gasteiger partial charge < -0.3 is 15.8 Å². The van der Waals surface area contributed by atoms with E-state index >= 15 is 0 Å². The minimum atomic E-state index is -0.515. The van der Waals surface area contributed by atoms with E-state index < -0.39 is 11.5 Å². The summed E-state index contributed by atoms with van der Waals surface area (Å²) < 4.78 is 7.04. The molecule has 2 unspecified atom stereocenters. The molecule has 2 aliphatic heterocycles. The van der Waals surface area contributed by atoms with Gasteiger partial charge in [-0.2, -0.15) is 5.10 Å². The van der Waals surface area contributed by atoms with E-state index in [9.17, 15) is 9.59 Å². The number of amides is 2. The molecule has 31 heavy (non-hydrogen) atoms. The topological polar surface area (TPSA) is 128 Å². The zero-order chi connectivity index (χ0) is 22.2. The molecule has 0 aromatic carbocycles. The summed E-state index contributed by atoms with van der Waals surface area (Å²) in [5, 5.41) is 7.18. The van der Waals surface area contributed by atoms with Crippen LogP contribution in [-0.4, -0.2) is 54.3 Å². The van der Waals surface area contributed by atoms with Crippen molar-refractivity contribution in [3.05, 3.63) is 36.4 Å². The van der Waals surface area contributed by atoms with Crippen molar-refractivity contribution in [2.45, 2.75) is 64.3 Å². The monoisotopic (exact) mass is 425 g/mol. The third-order valence-corrected chi connectivity index (χ3v) is 5.19. The summed E-state index contributed by atoms with van der Waals surface area (Å²) in [5.41, 5.74) is 7.26. The van der Waals surface area contributed by atoms with E-state index in [4.69, 9.17) is 10.5 Å². The van der Waals surface area contributed by atoms with E-state index in [1.54, 1.807) is 18.6 Å². The number of aromatic nitrogens is 4. The number of nitrogens with zero attached hydrogens (tertiary/aromatic N) is 5. The minimum Gasteiger partial charge on any atom is -0.444 e. The maximum Gasteiger partial charge on any atom is 0.411 e. The smallest absolute Gasteiger partial charge is 0.411 e. The number of carbonyl (C=O) groups is 2. The van der Waals surface area contributed by atoms with Gasteiger partial charge in [0.25, 0.3) is 0 Å². The molecule has 10 heteroatoms. The number of ether oxygens (including phenoxy) is 1. The second kappa shape index (κ2) is 8.01. The van der Waals surface area contributed by atoms with Crippen molar-refractivity contribution in [1.29, 1.82) is 0 Å². The third kappa shape index (κ3) is 4.84. The summed E-state index contributed by atoms with van der Waals surface area (Å²) >= 11 is 0. The summed E-state index contributed by atoms with van der Waals surface area (Å²) in [6.07, 6.45) is 9.39. The minimum absolute atomic E-state index is 0.00634. The molecule has 2 aliphatic rings. The molecule has 2 amide bonds. The van der Waals surface area contributed by atoms with Crippen molar-refractivity contribution < 1.29 is 14.3 Å². The van der Waals surface area contributed by atoms with Crippen molar-refractivity contribution in [3.63, 3.8) is 0 Å². The summed E-state index contributed by atoms with van der Waals surface area (Å²) in [6, 6.07) is 2.00. The molecule has 0 aliphatic carbocycles. The van der Waals surface area contributed by atoms with E-state index in [1.807, 2.05) is 31.7 Å². The Morgan fingerprint density at radius 2 is 2.13 bits per heavy atom. The Bertz CT molecular complexity index is 1020. The molecule has 1 saturated heterocycles. The third-order valence-electron chi connectivity index (χ3n) is 5.19. The SMILES string of the molecule is CC(C)(C)OC(=O)N1C2C=C(c3ccnc(Nc4cnn(CC(N)=O)c4)n3)CC1CC2. The fourth-order valence-electron chi connectivity index (χ4n) is 4.02. The Balaban J connectivity index is 1.48. The summed E-state index contributed by atoms with van der Waals surface area (Å²) in [6.45, 7) is 5.65. The van der Waals surface area contributed by atoms with Gasteiger partial charge in [-0.25, -0.2) is 14.8 Å². The number of fused-ring (bicyclic) bond motifs is 2. The molecule has 2 atom stereocenters. The van der Waals surface area contributed by atoms with Crippen molar-refractivity contribution in [3.8, 4) is 0 Å². The second-order valence-electron chi connectivity index (χ2n) is 8.87. The highest BCUT2D eigenvalue weighted by atomic mass is 16.6. The highest BCUT2D eigenvalue weighted by Gasteiger charge is 2.41. The van der Waals surface area contributed by atoms with Gasteiger partial charge in [0.05, 0.1) is 23.6 Å². The van der Waals surface area contributed by atoms with Crippen LogP contribution in [0, 0.1) is 0 Å². The zero-order valence-electron chi connectivity index (χ0n) is 17.9. The van der Waals surface area contributed by atoms with Crippen LogP contribution in [-0.2, 0) is 16.1 Å². The lowest BCUT2D eigenvalue weighted by atomic mass is 9.99. The maximum absolute atomic E-state index is 12.6. The van der Waals surface area contributed by atoms with Crippen LogP contribution in [0.25, 0.3) is 5.57 Å². The number of carbonyl (C=O) groups excluding carboxylic acids is 2. The molecule has 4 heterocycles. The van der Waals surface area contributed by atoms with Crippen LogP contribution in [0.1, 0.15) is 45.7 Å². The molecule has 0 radical (unpaired) electrons. The van der Waals surface area contributed by atoms with Crippen LogP contribution >= 0.6 is 0 Å². The molecule has 2 aromatic rings. The number of hydrogen-bond acceptors (Lipinski definition) is 7. The average molecular weight is 425 g/mol. The van der Waals surface area contributed by atoms with Crippen LogP contribution < -0.4 is 11.1 Å². The Morgan fingerprint density at radius 3 is 2.84 bits per heavy atom. The summed E-state index contributed by atoms with van der Waals surface area (Å²) in [7, 11) is 0. The van der Waals surface area contributed by atoms with Gasteiger partial charge >= 0.3 is 6.09 Å². The number of primary amides is 1. The van der Waals surface area contributed by atoms with Crippen molar-refractivity contribution in [2.75, 3.05) is 5.32 Å². The fraction of sp³-hybridized carbons (Fsp3) is 0.476. The first-order valence-corrected chi connectivity index (χ1v) is 10.3. The van der Waals surface area contributed by atoms with Gasteiger partial charge in [-0.15, -0.1) is 0 Å². The molecule has 3 N–H and O–H groups in total. The lowest BCUT2D eigenvalue weighted by Crippen LogP contribution is -2.45. The molecule has 10 nitrogen and oxygen atoms in total. The number of nitrogens with one attached hydrogen (secondary N) is 1. The van der Waals surface area contributed by atoms with Crippen molar-refractivity contribution >= 4 is 29.2 Å². The molecular weight excluding hydrogens is 398 g/mol. The van der Waals surface area contributed by atoms with Crippen molar-refractivity contribution in [2.24, 2.45) is 5.73 Å². The lowest BCUT2D eigenvalue weighted by Gasteiger charge is -2.35. The van der Waals surface area contributed by atoms with Gasteiger partial charge in [-0.1, -0.05) is 6.08 Å². The van der Waals surface area contributed by atoms with E-state index in [-0.39, 0.29) is 24.7 Å². The molecule has 2 aromatic heterocycles. The van der Waals surface area contributed by atoms with Crippen LogP contribution in [0.15, 0.2) is 30.7 Å². The quantitative estimate of drug-likeness (QED) is 0.753. The largest absolute Gasteiger partial charge is 0.444 e. The Morgan fingerprint density at radius 1 is 1.32 bits per heavy atom. The van der Waals surface area contributed by atoms with Gasteiger partial charge in [0.1, 0.15) is 12.1 Å². The molecule has 0 spiro atoms. The Labute approximate surface area is 180 Å². The van der Waals surface area contributed by atoms with E-state index in [1.165, 1.54) is 4.68 Å². The molecule has 4 rings (SSSR count). The van der Waals surface area contributed by atoms with Crippen LogP contribution in [0.3, 0.4) is 0 Å². The fourth-order valence-corrected chi connectivity index (χ4v) is 4.02. The van der Waals surface area contributed by atoms with E-state index in [0.29, 0.717) is 11.6 Å². The van der Waals surface area contributed by atoms with Gasteiger partial charge in [0, 0.05) is 18.4 Å². The first-order chi connectivity index (χ1) is 14.7. The number of hydrogen-bond donors (Lipinski definition) is 2. The molecule has 1 fully saturated rings. The highest BCUT2D eigenvalue weighted by molar-refractivity contribution is 5.75. The Kier molecular flexibility index (Phi) is 5.38. The normalized spacial score (nSPS) is 20.4. The first kappa shape index (κ1) is 20.8. The highest BCUT2D eigenvalue weighted by Crippen LogP contribution is 2.39. The number of anilines is 2. The number of nitrogens with two attached hydrogens (primary N) is 1. The molecule has 2 bridgehead atoms. The van der Waals surface area contributed by atoms with Gasteiger partial charge in [0.15, 0.2) is 0 Å². The first-order valence-electron chi connectivity index (χ1n) is 10.3. The number of rotatable bonds is 5. The predicted octanol–water partition coefficient (Wildman–Crippen LogP) is 2.46. The molecule has 164 valence electrons. The molecular formula is C21H27N7O3. The van der Waals surface area contributed by atoms with Crippen LogP contribution in [0.5, 0.6) is 0 Å². The van der Waals surface area contributed by atoms with E-state index in [2.05, 4.69) is 26.5 Å². The summed E-state index contributed by atoms with van der Waals surface area (Å²) in [5.74, 6) is -0.0360. The van der Waals surface area contributed by atoms with Crippen LogP contribution in [0.2, 0.25) is 0 Å². The predicted molar refractivity (Wildman–Crippen MR) is 114 cm³/mol. The summed E-state index contributed by atoms with van der Waals surface area (Å²) in [4.78, 5) is 34.4. The van der Waals surface area contributed by atoms with Gasteiger partial charge in [-0.3, -0.25) is 14.4 Å². The van der Waals surface area contributed by atoms with Crippen LogP contribution in [0.4, 0.5) is 16.4 Å². The average Bonchev–Trinajstić information content (AvgIpc) is 3.21. The zero-order valence-corrected chi connectivity index (χ0v) is 17.9.